The minimum atomic E-state index is -0.435. The van der Waals surface area contributed by atoms with Crippen molar-refractivity contribution >= 4 is 27.5 Å². The second-order valence-corrected chi connectivity index (χ2v) is 7.03. The minimum absolute atomic E-state index is 0.290. The number of thiazole rings is 1. The van der Waals surface area contributed by atoms with E-state index in [9.17, 15) is 4.79 Å². The first kappa shape index (κ1) is 20.9. The highest BCUT2D eigenvalue weighted by Crippen LogP contribution is 2.30. The number of para-hydroxylation sites is 1. The van der Waals surface area contributed by atoms with E-state index in [-0.39, 0.29) is 0 Å². The molecule has 1 aromatic heterocycles. The molecule has 0 spiro atoms. The molecule has 0 unspecified atom stereocenters. The monoisotopic (exact) mass is 416 g/mol. The van der Waals surface area contributed by atoms with E-state index < -0.39 is 5.91 Å². The van der Waals surface area contributed by atoms with Crippen molar-refractivity contribution in [3.8, 4) is 17.2 Å². The normalized spacial score (nSPS) is 11.7. The van der Waals surface area contributed by atoms with Crippen molar-refractivity contribution in [2.75, 3.05) is 34.5 Å². The Hall–Kier alpha value is -2.84. The van der Waals surface area contributed by atoms with Crippen molar-refractivity contribution in [3.05, 3.63) is 46.8 Å². The van der Waals surface area contributed by atoms with E-state index in [1.165, 1.54) is 25.6 Å². The zero-order chi connectivity index (χ0) is 20.8. The van der Waals surface area contributed by atoms with Gasteiger partial charge in [0.1, 0.15) is 28.3 Å². The molecule has 8 heteroatoms. The van der Waals surface area contributed by atoms with Gasteiger partial charge in [-0.1, -0.05) is 23.5 Å². The van der Waals surface area contributed by atoms with Gasteiger partial charge < -0.3 is 23.5 Å². The van der Waals surface area contributed by atoms with Gasteiger partial charge in [0.15, 0.2) is 4.80 Å². The van der Waals surface area contributed by atoms with Crippen LogP contribution in [-0.4, -0.2) is 45.0 Å². The molecule has 7 nitrogen and oxygen atoms in total. The first-order valence-corrected chi connectivity index (χ1v) is 10.00. The fourth-order valence-electron chi connectivity index (χ4n) is 3.05. The van der Waals surface area contributed by atoms with E-state index in [0.29, 0.717) is 41.6 Å². The van der Waals surface area contributed by atoms with Crippen LogP contribution in [0.1, 0.15) is 17.3 Å². The molecule has 0 atom stereocenters. The van der Waals surface area contributed by atoms with E-state index in [1.54, 1.807) is 25.3 Å². The van der Waals surface area contributed by atoms with Gasteiger partial charge in [-0.05, 0) is 31.2 Å². The number of rotatable bonds is 8. The van der Waals surface area contributed by atoms with Crippen molar-refractivity contribution in [1.29, 1.82) is 0 Å². The van der Waals surface area contributed by atoms with Gasteiger partial charge in [-0.2, -0.15) is 4.99 Å². The first-order chi connectivity index (χ1) is 14.1. The van der Waals surface area contributed by atoms with Gasteiger partial charge in [0.2, 0.25) is 0 Å². The molecule has 154 valence electrons. The lowest BCUT2D eigenvalue weighted by Gasteiger charge is -2.10. The lowest BCUT2D eigenvalue weighted by atomic mass is 10.1. The third-order valence-corrected chi connectivity index (χ3v) is 5.37. The van der Waals surface area contributed by atoms with E-state index in [2.05, 4.69) is 4.99 Å². The molecule has 3 rings (SSSR count). The lowest BCUT2D eigenvalue weighted by molar-refractivity contribution is 0.0991. The Labute approximate surface area is 173 Å². The topological polar surface area (TPSA) is 71.3 Å². The summed E-state index contributed by atoms with van der Waals surface area (Å²) in [6.07, 6.45) is 0. The van der Waals surface area contributed by atoms with Crippen LogP contribution in [0.2, 0.25) is 0 Å². The first-order valence-electron chi connectivity index (χ1n) is 9.18. The molecule has 0 bridgehead atoms. The van der Waals surface area contributed by atoms with Crippen molar-refractivity contribution in [3.63, 3.8) is 0 Å². The van der Waals surface area contributed by atoms with Crippen LogP contribution in [0, 0.1) is 0 Å². The van der Waals surface area contributed by atoms with Gasteiger partial charge in [0, 0.05) is 13.7 Å². The molecule has 0 aliphatic heterocycles. The van der Waals surface area contributed by atoms with Crippen molar-refractivity contribution < 1.29 is 23.7 Å². The Bertz CT molecular complexity index is 1050. The fourth-order valence-corrected chi connectivity index (χ4v) is 4.12. The number of carbonyl (C=O) groups excluding carboxylic acids is 1. The van der Waals surface area contributed by atoms with Gasteiger partial charge in [-0.15, -0.1) is 0 Å². The molecule has 2 aromatic carbocycles. The van der Waals surface area contributed by atoms with E-state index >= 15 is 0 Å². The summed E-state index contributed by atoms with van der Waals surface area (Å²) in [5, 5.41) is 0. The average molecular weight is 416 g/mol. The van der Waals surface area contributed by atoms with E-state index in [1.807, 2.05) is 29.7 Å². The summed E-state index contributed by atoms with van der Waals surface area (Å²) in [5.41, 5.74) is 1.19. The highest BCUT2D eigenvalue weighted by Gasteiger charge is 2.19. The standard InChI is InChI=1S/C21H24N2O5S/c1-5-28-16-10-7-11-17-19(16)23(12-13-25-2)21(29-17)22-20(24)18-14(26-3)8-6-9-15(18)27-4/h6-11H,5,12-13H2,1-4H3. The molecule has 0 fully saturated rings. The van der Waals surface area contributed by atoms with Gasteiger partial charge in [-0.25, -0.2) is 0 Å². The molecule has 0 radical (unpaired) electrons. The van der Waals surface area contributed by atoms with Crippen LogP contribution in [-0.2, 0) is 11.3 Å². The second-order valence-electron chi connectivity index (χ2n) is 6.02. The number of methoxy groups -OCH3 is 3. The molecule has 1 heterocycles. The SMILES string of the molecule is CCOc1cccc2sc(=NC(=O)c3c(OC)cccc3OC)n(CCOC)c12. The number of hydrogen-bond acceptors (Lipinski definition) is 6. The predicted molar refractivity (Wildman–Crippen MR) is 112 cm³/mol. The summed E-state index contributed by atoms with van der Waals surface area (Å²) < 4.78 is 24.7. The summed E-state index contributed by atoms with van der Waals surface area (Å²) in [5.74, 6) is 1.14. The molecule has 0 N–H and O–H groups in total. The van der Waals surface area contributed by atoms with E-state index in [4.69, 9.17) is 18.9 Å². The van der Waals surface area contributed by atoms with Crippen LogP contribution in [0.25, 0.3) is 10.2 Å². The summed E-state index contributed by atoms with van der Waals surface area (Å²) in [6, 6.07) is 11.0. The molecule has 3 aromatic rings. The van der Waals surface area contributed by atoms with Crippen LogP contribution in [0.15, 0.2) is 41.4 Å². The molecule has 0 aliphatic rings. The van der Waals surface area contributed by atoms with Crippen LogP contribution in [0.5, 0.6) is 17.2 Å². The number of fused-ring (bicyclic) bond motifs is 1. The summed E-state index contributed by atoms with van der Waals surface area (Å²) >= 11 is 1.42. The number of ether oxygens (including phenoxy) is 4. The van der Waals surface area contributed by atoms with Crippen molar-refractivity contribution in [1.82, 2.24) is 4.57 Å². The maximum absolute atomic E-state index is 13.1. The van der Waals surface area contributed by atoms with Crippen LogP contribution in [0.3, 0.4) is 0 Å². The summed E-state index contributed by atoms with van der Waals surface area (Å²) in [6.45, 7) is 3.50. The number of nitrogens with zero attached hydrogens (tertiary/aromatic N) is 2. The van der Waals surface area contributed by atoms with Gasteiger partial charge >= 0.3 is 0 Å². The number of benzene rings is 2. The molecule has 0 aliphatic carbocycles. The predicted octanol–water partition coefficient (Wildman–Crippen LogP) is 3.51. The molecule has 29 heavy (non-hydrogen) atoms. The Kier molecular flexibility index (Phi) is 6.90. The Morgan fingerprint density at radius 2 is 1.69 bits per heavy atom. The molecular weight excluding hydrogens is 392 g/mol. The highest BCUT2D eigenvalue weighted by molar-refractivity contribution is 7.16. The van der Waals surface area contributed by atoms with Crippen molar-refractivity contribution in [2.45, 2.75) is 13.5 Å². The number of amides is 1. The summed E-state index contributed by atoms with van der Waals surface area (Å²) in [7, 11) is 4.66. The molecule has 0 saturated carbocycles. The Morgan fingerprint density at radius 1 is 1.03 bits per heavy atom. The van der Waals surface area contributed by atoms with Crippen molar-refractivity contribution in [2.24, 2.45) is 4.99 Å². The van der Waals surface area contributed by atoms with Crippen LogP contribution >= 0.6 is 11.3 Å². The quantitative estimate of drug-likeness (QED) is 0.562. The fraction of sp³-hybridized carbons (Fsp3) is 0.333. The third-order valence-electron chi connectivity index (χ3n) is 4.32. The average Bonchev–Trinajstić information content (AvgIpc) is 3.09. The maximum atomic E-state index is 13.1. The minimum Gasteiger partial charge on any atom is -0.496 e. The highest BCUT2D eigenvalue weighted by atomic mass is 32.1. The van der Waals surface area contributed by atoms with Crippen LogP contribution < -0.4 is 19.0 Å². The van der Waals surface area contributed by atoms with Gasteiger partial charge in [-0.3, -0.25) is 4.79 Å². The maximum Gasteiger partial charge on any atom is 0.287 e. The summed E-state index contributed by atoms with van der Waals surface area (Å²) in [4.78, 5) is 18.1. The molecule has 0 saturated heterocycles. The number of carbonyl (C=O) groups is 1. The number of aromatic nitrogens is 1. The van der Waals surface area contributed by atoms with E-state index in [0.717, 1.165) is 16.0 Å². The molecule has 1 amide bonds. The second kappa shape index (κ2) is 9.58. The lowest BCUT2D eigenvalue weighted by Crippen LogP contribution is -2.20. The van der Waals surface area contributed by atoms with Gasteiger partial charge in [0.05, 0.1) is 32.1 Å². The Morgan fingerprint density at radius 3 is 2.31 bits per heavy atom. The Balaban J connectivity index is 2.20. The zero-order valence-corrected chi connectivity index (χ0v) is 17.7. The third kappa shape index (κ3) is 4.28. The largest absolute Gasteiger partial charge is 0.496 e. The smallest absolute Gasteiger partial charge is 0.287 e. The molecular formula is C21H24N2O5S. The van der Waals surface area contributed by atoms with Crippen LogP contribution in [0.4, 0.5) is 0 Å². The van der Waals surface area contributed by atoms with Gasteiger partial charge in [0.25, 0.3) is 5.91 Å². The number of hydrogen-bond donors (Lipinski definition) is 0. The zero-order valence-electron chi connectivity index (χ0n) is 16.9.